The minimum Gasteiger partial charge on any atom is -0.497 e. The molecule has 0 radical (unpaired) electrons. The highest BCUT2D eigenvalue weighted by atomic mass is 16.5. The molecule has 1 aromatic carbocycles. The summed E-state index contributed by atoms with van der Waals surface area (Å²) in [5, 5.41) is 5.50. The minimum absolute atomic E-state index is 0.0563. The Morgan fingerprint density at radius 2 is 2.00 bits per heavy atom. The van der Waals surface area contributed by atoms with Gasteiger partial charge in [-0.3, -0.25) is 4.79 Å². The first-order chi connectivity index (χ1) is 9.93. The molecule has 0 aliphatic heterocycles. The van der Waals surface area contributed by atoms with Crippen LogP contribution >= 0.6 is 0 Å². The van der Waals surface area contributed by atoms with Crippen molar-refractivity contribution < 1.29 is 14.3 Å². The number of ether oxygens (including phenoxy) is 1. The summed E-state index contributed by atoms with van der Waals surface area (Å²) in [6.07, 6.45) is 1.03. The second kappa shape index (κ2) is 8.14. The fraction of sp³-hybridized carbons (Fsp3) is 0.467. The first-order valence-electron chi connectivity index (χ1n) is 6.83. The van der Waals surface area contributed by atoms with Gasteiger partial charge in [0.05, 0.1) is 7.11 Å². The van der Waals surface area contributed by atoms with Crippen molar-refractivity contribution in [1.82, 2.24) is 10.2 Å². The van der Waals surface area contributed by atoms with Crippen molar-refractivity contribution in [1.29, 1.82) is 0 Å². The number of benzene rings is 1. The lowest BCUT2D eigenvalue weighted by Crippen LogP contribution is -2.30. The largest absolute Gasteiger partial charge is 0.497 e. The van der Waals surface area contributed by atoms with Crippen LogP contribution in [0.2, 0.25) is 0 Å². The third-order valence-corrected chi connectivity index (χ3v) is 3.04. The molecule has 0 atom stereocenters. The standard InChI is InChI=1S/C15H23N3O3/c1-11-7-8-12(21-4)10-13(11)17-15(20)16-9-5-6-14(19)18(2)3/h7-8,10H,5-6,9H2,1-4H3,(H2,16,17,20). The highest BCUT2D eigenvalue weighted by molar-refractivity contribution is 5.90. The van der Waals surface area contributed by atoms with Crippen molar-refractivity contribution in [3.05, 3.63) is 23.8 Å². The quantitative estimate of drug-likeness (QED) is 0.788. The molecule has 0 bridgehead atoms. The molecule has 0 aromatic heterocycles. The number of methoxy groups -OCH3 is 1. The Morgan fingerprint density at radius 3 is 2.62 bits per heavy atom. The van der Waals surface area contributed by atoms with Crippen LogP contribution in [0, 0.1) is 6.92 Å². The summed E-state index contributed by atoms with van der Waals surface area (Å²) in [5.41, 5.74) is 1.66. The fourth-order valence-electron chi connectivity index (χ4n) is 1.69. The molecule has 0 saturated carbocycles. The lowest BCUT2D eigenvalue weighted by atomic mass is 10.2. The smallest absolute Gasteiger partial charge is 0.319 e. The Balaban J connectivity index is 2.39. The molecule has 1 aromatic rings. The highest BCUT2D eigenvalue weighted by Crippen LogP contribution is 2.21. The maximum Gasteiger partial charge on any atom is 0.319 e. The number of hydrogen-bond donors (Lipinski definition) is 2. The SMILES string of the molecule is COc1ccc(C)c(NC(=O)NCCCC(=O)N(C)C)c1. The number of rotatable bonds is 6. The first kappa shape index (κ1) is 16.8. The van der Waals surface area contributed by atoms with E-state index < -0.39 is 0 Å². The maximum atomic E-state index is 11.8. The van der Waals surface area contributed by atoms with Gasteiger partial charge in [0.15, 0.2) is 0 Å². The van der Waals surface area contributed by atoms with E-state index in [1.807, 2.05) is 19.1 Å². The van der Waals surface area contributed by atoms with Gasteiger partial charge in [0.2, 0.25) is 5.91 Å². The van der Waals surface area contributed by atoms with Gasteiger partial charge < -0.3 is 20.3 Å². The van der Waals surface area contributed by atoms with E-state index >= 15 is 0 Å². The third kappa shape index (κ3) is 5.72. The molecule has 0 aliphatic rings. The highest BCUT2D eigenvalue weighted by Gasteiger charge is 2.07. The van der Waals surface area contributed by atoms with E-state index in [9.17, 15) is 9.59 Å². The molecule has 2 N–H and O–H groups in total. The number of amides is 3. The van der Waals surface area contributed by atoms with Crippen LogP contribution in [0.5, 0.6) is 5.75 Å². The normalized spacial score (nSPS) is 9.90. The van der Waals surface area contributed by atoms with E-state index in [4.69, 9.17) is 4.74 Å². The number of aryl methyl sites for hydroxylation is 1. The Hall–Kier alpha value is -2.24. The van der Waals surface area contributed by atoms with Crippen molar-refractivity contribution in [3.63, 3.8) is 0 Å². The Bertz CT molecular complexity index is 501. The molecule has 6 heteroatoms. The number of hydrogen-bond acceptors (Lipinski definition) is 3. The van der Waals surface area contributed by atoms with Gasteiger partial charge in [-0.1, -0.05) is 6.07 Å². The second-order valence-corrected chi connectivity index (χ2v) is 4.95. The summed E-state index contributed by atoms with van der Waals surface area (Å²) >= 11 is 0. The number of nitrogens with zero attached hydrogens (tertiary/aromatic N) is 1. The average molecular weight is 293 g/mol. The van der Waals surface area contributed by atoms with Crippen LogP contribution in [0.25, 0.3) is 0 Å². The molecule has 0 fully saturated rings. The molecule has 0 spiro atoms. The van der Waals surface area contributed by atoms with Gasteiger partial charge in [0.1, 0.15) is 5.75 Å². The molecule has 6 nitrogen and oxygen atoms in total. The van der Waals surface area contributed by atoms with Crippen LogP contribution in [0.15, 0.2) is 18.2 Å². The monoisotopic (exact) mass is 293 g/mol. The van der Waals surface area contributed by atoms with Crippen molar-refractivity contribution >= 4 is 17.6 Å². The van der Waals surface area contributed by atoms with E-state index in [-0.39, 0.29) is 11.9 Å². The predicted molar refractivity (Wildman–Crippen MR) is 82.7 cm³/mol. The van der Waals surface area contributed by atoms with E-state index in [2.05, 4.69) is 10.6 Å². The summed E-state index contributed by atoms with van der Waals surface area (Å²) in [7, 11) is 5.01. The second-order valence-electron chi connectivity index (χ2n) is 4.95. The van der Waals surface area contributed by atoms with Crippen LogP contribution in [0.4, 0.5) is 10.5 Å². The van der Waals surface area contributed by atoms with Gasteiger partial charge in [0.25, 0.3) is 0 Å². The van der Waals surface area contributed by atoms with Crippen molar-refractivity contribution in [2.24, 2.45) is 0 Å². The van der Waals surface area contributed by atoms with Crippen molar-refractivity contribution in [2.45, 2.75) is 19.8 Å². The number of carbonyl (C=O) groups excluding carboxylic acids is 2. The lowest BCUT2D eigenvalue weighted by molar-refractivity contribution is -0.128. The van der Waals surface area contributed by atoms with Gasteiger partial charge in [-0.15, -0.1) is 0 Å². The zero-order valence-corrected chi connectivity index (χ0v) is 13.0. The summed E-state index contributed by atoms with van der Waals surface area (Å²) in [4.78, 5) is 24.7. The van der Waals surface area contributed by atoms with Crippen LogP contribution in [-0.4, -0.2) is 44.6 Å². The zero-order valence-electron chi connectivity index (χ0n) is 13.0. The Morgan fingerprint density at radius 1 is 1.29 bits per heavy atom. The Labute approximate surface area is 125 Å². The molecule has 116 valence electrons. The number of carbonyl (C=O) groups is 2. The molecule has 0 heterocycles. The number of anilines is 1. The average Bonchev–Trinajstić information content (AvgIpc) is 2.45. The van der Waals surface area contributed by atoms with E-state index in [0.717, 1.165) is 5.56 Å². The van der Waals surface area contributed by atoms with Gasteiger partial charge in [-0.25, -0.2) is 4.79 Å². The van der Waals surface area contributed by atoms with E-state index in [1.165, 1.54) is 0 Å². The molecule has 1 rings (SSSR count). The van der Waals surface area contributed by atoms with Gasteiger partial charge >= 0.3 is 6.03 Å². The van der Waals surface area contributed by atoms with E-state index in [0.29, 0.717) is 30.8 Å². The van der Waals surface area contributed by atoms with Crippen LogP contribution in [-0.2, 0) is 4.79 Å². The number of nitrogens with one attached hydrogen (secondary N) is 2. The van der Waals surface area contributed by atoms with Crippen LogP contribution in [0.1, 0.15) is 18.4 Å². The van der Waals surface area contributed by atoms with Crippen LogP contribution in [0.3, 0.4) is 0 Å². The van der Waals surface area contributed by atoms with Gasteiger partial charge in [-0.05, 0) is 25.0 Å². The fourth-order valence-corrected chi connectivity index (χ4v) is 1.69. The zero-order chi connectivity index (χ0) is 15.8. The molecule has 0 unspecified atom stereocenters. The van der Waals surface area contributed by atoms with Crippen LogP contribution < -0.4 is 15.4 Å². The first-order valence-corrected chi connectivity index (χ1v) is 6.83. The lowest BCUT2D eigenvalue weighted by Gasteiger charge is -2.12. The molecule has 3 amide bonds. The molecular formula is C15H23N3O3. The predicted octanol–water partition coefficient (Wildman–Crippen LogP) is 1.99. The van der Waals surface area contributed by atoms with Crippen molar-refractivity contribution in [2.75, 3.05) is 33.1 Å². The Kier molecular flexibility index (Phi) is 6.52. The maximum absolute atomic E-state index is 11.8. The summed E-state index contributed by atoms with van der Waals surface area (Å²) in [6.45, 7) is 2.36. The van der Waals surface area contributed by atoms with Gasteiger partial charge in [0, 0.05) is 38.8 Å². The summed E-state index contributed by atoms with van der Waals surface area (Å²) in [6, 6.07) is 5.20. The van der Waals surface area contributed by atoms with E-state index in [1.54, 1.807) is 32.2 Å². The number of urea groups is 1. The summed E-state index contributed by atoms with van der Waals surface area (Å²) < 4.78 is 5.12. The molecular weight excluding hydrogens is 270 g/mol. The molecule has 0 aliphatic carbocycles. The molecule has 0 saturated heterocycles. The topological polar surface area (TPSA) is 70.7 Å². The summed E-state index contributed by atoms with van der Waals surface area (Å²) in [5.74, 6) is 0.744. The van der Waals surface area contributed by atoms with Gasteiger partial charge in [-0.2, -0.15) is 0 Å². The minimum atomic E-state index is -0.288. The van der Waals surface area contributed by atoms with Crippen molar-refractivity contribution in [3.8, 4) is 5.75 Å². The third-order valence-electron chi connectivity index (χ3n) is 3.04. The molecule has 21 heavy (non-hydrogen) atoms.